The summed E-state index contributed by atoms with van der Waals surface area (Å²) in [5.74, 6) is -0.509. The molecule has 2 aliphatic rings. The van der Waals surface area contributed by atoms with Crippen LogP contribution in [0.4, 0.5) is 23.7 Å². The van der Waals surface area contributed by atoms with Gasteiger partial charge in [-0.25, -0.2) is 13.2 Å². The summed E-state index contributed by atoms with van der Waals surface area (Å²) >= 11 is 5.70. The molecule has 14 heteroatoms. The van der Waals surface area contributed by atoms with Gasteiger partial charge >= 0.3 is 12.2 Å². The fraction of sp³-hybridized carbons (Fsp3) is 0.346. The molecule has 40 heavy (non-hydrogen) atoms. The molecular formula is C26H27ClF3N5O4S. The Balaban J connectivity index is 1.50. The minimum Gasteiger partial charge on any atom is -0.351 e. The predicted octanol–water partition coefficient (Wildman–Crippen LogP) is 4.20. The van der Waals surface area contributed by atoms with Gasteiger partial charge in [0.15, 0.2) is 0 Å². The number of piperidine rings is 1. The number of halogens is 4. The van der Waals surface area contributed by atoms with Crippen molar-refractivity contribution in [1.29, 1.82) is 0 Å². The van der Waals surface area contributed by atoms with Crippen LogP contribution in [-0.2, 0) is 21.0 Å². The number of nitrogens with one attached hydrogen (secondary N) is 1. The molecule has 9 nitrogen and oxygen atoms in total. The van der Waals surface area contributed by atoms with Crippen molar-refractivity contribution in [3.8, 4) is 0 Å². The van der Waals surface area contributed by atoms with E-state index in [1.165, 1.54) is 28.4 Å². The van der Waals surface area contributed by atoms with E-state index >= 15 is 0 Å². The number of sulfonamides is 1. The largest absolute Gasteiger partial charge is 0.417 e. The number of carbonyl (C=O) groups excluding carboxylic acids is 2. The van der Waals surface area contributed by atoms with E-state index in [2.05, 4.69) is 10.3 Å². The zero-order chi connectivity index (χ0) is 29.6. The van der Waals surface area contributed by atoms with Gasteiger partial charge in [-0.15, -0.1) is 0 Å². The van der Waals surface area contributed by atoms with E-state index in [9.17, 15) is 31.2 Å². The van der Waals surface area contributed by atoms with Crippen molar-refractivity contribution in [3.05, 3.63) is 68.6 Å². The zero-order valence-electron chi connectivity index (χ0n) is 21.8. The molecule has 2 aromatic rings. The molecule has 2 aromatic carbocycles. The molecule has 0 aliphatic carbocycles. The highest BCUT2D eigenvalue weighted by Gasteiger charge is 2.47. The van der Waals surface area contributed by atoms with Gasteiger partial charge in [0.05, 0.1) is 10.6 Å². The van der Waals surface area contributed by atoms with Crippen LogP contribution in [0.3, 0.4) is 0 Å². The van der Waals surface area contributed by atoms with Gasteiger partial charge in [-0.2, -0.15) is 17.5 Å². The van der Waals surface area contributed by atoms with E-state index in [-0.39, 0.29) is 37.3 Å². The predicted molar refractivity (Wildman–Crippen MR) is 147 cm³/mol. The van der Waals surface area contributed by atoms with Crippen LogP contribution in [-0.4, -0.2) is 56.2 Å². The van der Waals surface area contributed by atoms with Crippen LogP contribution in [0.25, 0.3) is 6.08 Å². The molecule has 214 valence electrons. The number of amides is 3. The lowest BCUT2D eigenvalue weighted by Gasteiger charge is -2.34. The molecule has 0 unspecified atom stereocenters. The summed E-state index contributed by atoms with van der Waals surface area (Å²) in [6, 6.07) is 6.07. The number of urea groups is 1. The quantitative estimate of drug-likeness (QED) is 0.536. The summed E-state index contributed by atoms with van der Waals surface area (Å²) in [5, 5.41) is 3.17. The monoisotopic (exact) mass is 597 g/mol. The number of hydrogen-bond donors (Lipinski definition) is 2. The highest BCUT2D eigenvalue weighted by atomic mass is 35.5. The van der Waals surface area contributed by atoms with Crippen LogP contribution in [0.2, 0.25) is 5.02 Å². The number of anilines is 1. The third-order valence-corrected chi connectivity index (χ3v) is 9.03. The van der Waals surface area contributed by atoms with Crippen LogP contribution in [0.1, 0.15) is 40.7 Å². The lowest BCUT2D eigenvalue weighted by Crippen LogP contribution is -2.50. The summed E-state index contributed by atoms with van der Waals surface area (Å²) in [4.78, 5) is 30.0. The molecule has 1 spiro atoms. The van der Waals surface area contributed by atoms with Crippen molar-refractivity contribution < 1.29 is 31.2 Å². The highest BCUT2D eigenvalue weighted by Crippen LogP contribution is 2.37. The molecule has 0 radical (unpaired) electrons. The molecule has 3 amide bonds. The number of nitrogens with zero attached hydrogens (tertiary/aromatic N) is 3. The topological polar surface area (TPSA) is 125 Å². The van der Waals surface area contributed by atoms with Gasteiger partial charge in [0, 0.05) is 36.8 Å². The minimum atomic E-state index is -4.68. The number of rotatable bonds is 5. The van der Waals surface area contributed by atoms with Crippen LogP contribution >= 0.6 is 11.6 Å². The number of hydrogen-bond acceptors (Lipinski definition) is 5. The minimum absolute atomic E-state index is 0.00833. The summed E-state index contributed by atoms with van der Waals surface area (Å²) in [5.41, 5.74) is 5.79. The van der Waals surface area contributed by atoms with Gasteiger partial charge in [0.25, 0.3) is 5.91 Å². The molecule has 1 saturated heterocycles. The Morgan fingerprint density at radius 3 is 2.33 bits per heavy atom. The standard InChI is InChI=1S/C26H27ClF3N5O4S/c1-15-12-18(34(3)24(31)37)13-16(2)19(15)6-11-40(38,39)35-9-7-25(8-10-35)23(36)32-22(33-25)17-4-5-21(27)20(14-17)26(28,29)30/h4-6,11-14H,7-10H2,1-3H3,(H2,31,37)(H,32,33,36). The normalized spacial score (nSPS) is 17.8. The number of aryl methyl sites for hydroxylation is 2. The molecule has 0 saturated carbocycles. The molecule has 1 fully saturated rings. The number of carbonyl (C=O) groups is 2. The van der Waals surface area contributed by atoms with Crippen molar-refractivity contribution >= 4 is 51.2 Å². The van der Waals surface area contributed by atoms with Crippen molar-refractivity contribution in [2.24, 2.45) is 10.7 Å². The van der Waals surface area contributed by atoms with E-state index in [0.717, 1.165) is 28.7 Å². The first-order valence-corrected chi connectivity index (χ1v) is 14.0. The number of primary amides is 1. The first-order chi connectivity index (χ1) is 18.5. The van der Waals surface area contributed by atoms with Gasteiger partial charge < -0.3 is 11.1 Å². The third kappa shape index (κ3) is 5.72. The van der Waals surface area contributed by atoms with Gasteiger partial charge in [0.2, 0.25) is 10.0 Å². The van der Waals surface area contributed by atoms with Gasteiger partial charge in [-0.05, 0) is 79.8 Å². The van der Waals surface area contributed by atoms with Crippen LogP contribution < -0.4 is 16.0 Å². The highest BCUT2D eigenvalue weighted by molar-refractivity contribution is 7.92. The second kappa shape index (κ2) is 10.5. The number of amidine groups is 1. The Bertz CT molecular complexity index is 1520. The fourth-order valence-electron chi connectivity index (χ4n) is 4.77. The Morgan fingerprint density at radius 1 is 1.18 bits per heavy atom. The molecule has 4 rings (SSSR count). The average molecular weight is 598 g/mol. The smallest absolute Gasteiger partial charge is 0.351 e. The zero-order valence-corrected chi connectivity index (χ0v) is 23.4. The number of nitrogens with two attached hydrogens (primary N) is 1. The SMILES string of the molecule is Cc1cc(N(C)C(N)=O)cc(C)c1C=CS(=O)(=O)N1CCC2(CC1)N=C(c1ccc(Cl)c(C(F)(F)F)c1)NC2=O. The Morgan fingerprint density at radius 2 is 1.77 bits per heavy atom. The fourth-order valence-corrected chi connectivity index (χ4v) is 6.16. The summed E-state index contributed by atoms with van der Waals surface area (Å²) in [6.45, 7) is 3.56. The first kappa shape index (κ1) is 29.6. The molecular weight excluding hydrogens is 571 g/mol. The van der Waals surface area contributed by atoms with Crippen LogP contribution in [0, 0.1) is 13.8 Å². The maximum absolute atomic E-state index is 13.3. The maximum Gasteiger partial charge on any atom is 0.417 e. The Hall–Kier alpha value is -3.42. The van der Waals surface area contributed by atoms with E-state index in [0.29, 0.717) is 11.3 Å². The van der Waals surface area contributed by atoms with Gasteiger partial charge in [0.1, 0.15) is 11.4 Å². The van der Waals surface area contributed by atoms with Crippen molar-refractivity contribution in [2.75, 3.05) is 25.0 Å². The van der Waals surface area contributed by atoms with E-state index in [4.69, 9.17) is 17.3 Å². The van der Waals surface area contributed by atoms with Crippen molar-refractivity contribution in [1.82, 2.24) is 9.62 Å². The molecule has 0 atom stereocenters. The second-order valence-electron chi connectivity index (χ2n) is 9.78. The molecule has 0 aromatic heterocycles. The summed E-state index contributed by atoms with van der Waals surface area (Å²) < 4.78 is 67.3. The van der Waals surface area contributed by atoms with Crippen molar-refractivity contribution in [2.45, 2.75) is 38.4 Å². The lowest BCUT2D eigenvalue weighted by atomic mass is 9.89. The van der Waals surface area contributed by atoms with E-state index in [1.54, 1.807) is 26.0 Å². The molecule has 2 aliphatic heterocycles. The number of aliphatic imine (C=N–C) groups is 1. The Labute approximate surface area is 234 Å². The third-order valence-electron chi connectivity index (χ3n) is 7.14. The van der Waals surface area contributed by atoms with E-state index in [1.807, 2.05) is 0 Å². The summed E-state index contributed by atoms with van der Waals surface area (Å²) in [7, 11) is -2.33. The maximum atomic E-state index is 13.3. The second-order valence-corrected chi connectivity index (χ2v) is 12.0. The van der Waals surface area contributed by atoms with Crippen molar-refractivity contribution in [3.63, 3.8) is 0 Å². The Kier molecular flexibility index (Phi) is 7.78. The van der Waals surface area contributed by atoms with Gasteiger partial charge in [-0.1, -0.05) is 11.6 Å². The molecule has 0 bridgehead atoms. The van der Waals surface area contributed by atoms with E-state index < -0.39 is 44.3 Å². The summed E-state index contributed by atoms with van der Waals surface area (Å²) in [6.07, 6.45) is -3.08. The lowest BCUT2D eigenvalue weighted by molar-refractivity contribution is -0.137. The molecule has 2 heterocycles. The molecule has 3 N–H and O–H groups in total. The number of benzene rings is 2. The first-order valence-electron chi connectivity index (χ1n) is 12.2. The van der Waals surface area contributed by atoms with Crippen LogP contribution in [0.5, 0.6) is 0 Å². The van der Waals surface area contributed by atoms with Crippen LogP contribution in [0.15, 0.2) is 40.7 Å². The number of alkyl halides is 3. The van der Waals surface area contributed by atoms with Gasteiger partial charge in [-0.3, -0.25) is 14.7 Å². The average Bonchev–Trinajstić information content (AvgIpc) is 3.17.